The number of aliphatic hydroxyl groups is 1. The first kappa shape index (κ1) is 22.8. The van der Waals surface area contributed by atoms with E-state index in [9.17, 15) is 14.7 Å². The summed E-state index contributed by atoms with van der Waals surface area (Å²) in [5.74, 6) is -0.779. The fourth-order valence-electron chi connectivity index (χ4n) is 4.17. The standard InChI is InChI=1S/C24H27N3O6/c1-31-18-7-6-16(15-19(18)32-2)22(28)20-21(17-5-3-4-8-25-17)27(24(30)23(20)29)10-9-26-11-13-33-14-12-26/h3-8,15,21,28H,9-14H2,1-2H3/b22-20+/t21-/m0/s1. The van der Waals surface area contributed by atoms with Gasteiger partial charge in [0.25, 0.3) is 11.7 Å². The molecule has 1 aromatic heterocycles. The summed E-state index contributed by atoms with van der Waals surface area (Å²) in [5, 5.41) is 11.2. The summed E-state index contributed by atoms with van der Waals surface area (Å²) in [7, 11) is 3.00. The number of carbonyl (C=O) groups excluding carboxylic acids is 2. The molecule has 0 unspecified atom stereocenters. The van der Waals surface area contributed by atoms with Gasteiger partial charge in [-0.15, -0.1) is 0 Å². The molecule has 0 spiro atoms. The highest BCUT2D eigenvalue weighted by atomic mass is 16.5. The molecule has 2 fully saturated rings. The van der Waals surface area contributed by atoms with Crippen LogP contribution in [-0.2, 0) is 14.3 Å². The van der Waals surface area contributed by atoms with E-state index in [0.717, 1.165) is 13.1 Å². The predicted molar refractivity (Wildman–Crippen MR) is 120 cm³/mol. The first-order chi connectivity index (χ1) is 16.0. The summed E-state index contributed by atoms with van der Waals surface area (Å²) >= 11 is 0. The van der Waals surface area contributed by atoms with Crippen LogP contribution in [-0.4, -0.2) is 85.2 Å². The van der Waals surface area contributed by atoms with E-state index in [1.807, 2.05) is 0 Å². The maximum atomic E-state index is 13.1. The van der Waals surface area contributed by atoms with E-state index in [4.69, 9.17) is 14.2 Å². The number of Topliss-reactive ketones (excluding diaryl/α,β-unsaturated/α-hetero) is 1. The van der Waals surface area contributed by atoms with Gasteiger partial charge in [-0.05, 0) is 30.3 Å². The van der Waals surface area contributed by atoms with Crippen LogP contribution in [0, 0.1) is 0 Å². The van der Waals surface area contributed by atoms with Gasteiger partial charge in [0.1, 0.15) is 11.8 Å². The molecule has 1 amide bonds. The largest absolute Gasteiger partial charge is 0.507 e. The van der Waals surface area contributed by atoms with Crippen molar-refractivity contribution >= 4 is 17.4 Å². The molecule has 2 aliphatic rings. The Balaban J connectivity index is 1.73. The van der Waals surface area contributed by atoms with E-state index in [2.05, 4.69) is 9.88 Å². The third-order valence-corrected chi connectivity index (χ3v) is 5.93. The first-order valence-corrected chi connectivity index (χ1v) is 10.8. The highest BCUT2D eigenvalue weighted by Crippen LogP contribution is 2.39. The molecular weight excluding hydrogens is 426 g/mol. The molecule has 1 atom stereocenters. The molecule has 2 aliphatic heterocycles. The lowest BCUT2D eigenvalue weighted by atomic mass is 9.98. The number of pyridine rings is 1. The zero-order valence-electron chi connectivity index (χ0n) is 18.7. The minimum atomic E-state index is -0.791. The number of morpholine rings is 1. The second-order valence-corrected chi connectivity index (χ2v) is 7.77. The number of hydrogen-bond acceptors (Lipinski definition) is 8. The van der Waals surface area contributed by atoms with Gasteiger partial charge in [0, 0.05) is 37.9 Å². The van der Waals surface area contributed by atoms with Crippen LogP contribution in [0.2, 0.25) is 0 Å². The van der Waals surface area contributed by atoms with E-state index in [1.165, 1.54) is 19.1 Å². The summed E-state index contributed by atoms with van der Waals surface area (Å²) in [6, 6.07) is 9.34. The van der Waals surface area contributed by atoms with Crippen LogP contribution in [0.15, 0.2) is 48.2 Å². The first-order valence-electron chi connectivity index (χ1n) is 10.8. The maximum absolute atomic E-state index is 13.1. The quantitative estimate of drug-likeness (QED) is 0.385. The van der Waals surface area contributed by atoms with Crippen molar-refractivity contribution in [2.75, 3.05) is 53.6 Å². The lowest BCUT2D eigenvalue weighted by molar-refractivity contribution is -0.140. The predicted octanol–water partition coefficient (Wildman–Crippen LogP) is 1.85. The minimum absolute atomic E-state index is 0.00731. The number of ether oxygens (including phenoxy) is 3. The average Bonchev–Trinajstić information content (AvgIpc) is 3.12. The summed E-state index contributed by atoms with van der Waals surface area (Å²) in [4.78, 5) is 34.2. The third kappa shape index (κ3) is 4.55. The molecule has 9 nitrogen and oxygen atoms in total. The molecule has 0 bridgehead atoms. The van der Waals surface area contributed by atoms with E-state index in [-0.39, 0.29) is 11.3 Å². The lowest BCUT2D eigenvalue weighted by Crippen LogP contribution is -2.42. The van der Waals surface area contributed by atoms with Gasteiger partial charge < -0.3 is 24.2 Å². The Labute approximate surface area is 192 Å². The zero-order chi connectivity index (χ0) is 23.4. The van der Waals surface area contributed by atoms with Crippen LogP contribution in [0.25, 0.3) is 5.76 Å². The fraction of sp³-hybridized carbons (Fsp3) is 0.375. The van der Waals surface area contributed by atoms with Crippen molar-refractivity contribution in [3.8, 4) is 11.5 Å². The van der Waals surface area contributed by atoms with Gasteiger partial charge in [-0.3, -0.25) is 19.5 Å². The van der Waals surface area contributed by atoms with Gasteiger partial charge in [0.05, 0.1) is 38.7 Å². The van der Waals surface area contributed by atoms with Gasteiger partial charge in [-0.25, -0.2) is 0 Å². The second-order valence-electron chi connectivity index (χ2n) is 7.77. The van der Waals surface area contributed by atoms with Crippen LogP contribution in [0.4, 0.5) is 0 Å². The van der Waals surface area contributed by atoms with Crippen molar-refractivity contribution in [3.05, 3.63) is 59.4 Å². The average molecular weight is 453 g/mol. The Morgan fingerprint density at radius 2 is 1.85 bits per heavy atom. The lowest BCUT2D eigenvalue weighted by Gasteiger charge is -2.30. The van der Waals surface area contributed by atoms with Crippen molar-refractivity contribution in [2.24, 2.45) is 0 Å². The highest BCUT2D eigenvalue weighted by molar-refractivity contribution is 6.46. The van der Waals surface area contributed by atoms with Crippen molar-refractivity contribution < 1.29 is 28.9 Å². The summed E-state index contributed by atoms with van der Waals surface area (Å²) in [5.41, 5.74) is 0.869. The smallest absolute Gasteiger partial charge is 0.295 e. The van der Waals surface area contributed by atoms with Gasteiger partial charge in [0.15, 0.2) is 11.5 Å². The van der Waals surface area contributed by atoms with Crippen LogP contribution < -0.4 is 9.47 Å². The molecule has 1 aromatic carbocycles. The Bertz CT molecular complexity index is 1050. The Morgan fingerprint density at radius 1 is 1.09 bits per heavy atom. The van der Waals surface area contributed by atoms with E-state index in [1.54, 1.807) is 42.6 Å². The van der Waals surface area contributed by atoms with Crippen LogP contribution >= 0.6 is 0 Å². The van der Waals surface area contributed by atoms with Gasteiger partial charge in [-0.2, -0.15) is 0 Å². The number of ketones is 1. The van der Waals surface area contributed by atoms with Crippen LogP contribution in [0.5, 0.6) is 11.5 Å². The molecule has 0 aliphatic carbocycles. The van der Waals surface area contributed by atoms with Crippen molar-refractivity contribution in [2.45, 2.75) is 6.04 Å². The van der Waals surface area contributed by atoms with Gasteiger partial charge >= 0.3 is 0 Å². The molecule has 4 rings (SSSR count). The normalized spacial score (nSPS) is 20.8. The van der Waals surface area contributed by atoms with Crippen LogP contribution in [0.3, 0.4) is 0 Å². The zero-order valence-corrected chi connectivity index (χ0v) is 18.7. The minimum Gasteiger partial charge on any atom is -0.507 e. The fourth-order valence-corrected chi connectivity index (χ4v) is 4.17. The topological polar surface area (TPSA) is 101 Å². The number of rotatable bonds is 7. The number of aliphatic hydroxyl groups excluding tert-OH is 1. The van der Waals surface area contributed by atoms with Crippen molar-refractivity contribution in [1.29, 1.82) is 0 Å². The molecule has 3 heterocycles. The number of aromatic nitrogens is 1. The molecule has 9 heteroatoms. The highest BCUT2D eigenvalue weighted by Gasteiger charge is 2.46. The van der Waals surface area contributed by atoms with Crippen molar-refractivity contribution in [1.82, 2.24) is 14.8 Å². The Morgan fingerprint density at radius 3 is 2.52 bits per heavy atom. The SMILES string of the molecule is COc1ccc(/C(O)=C2\C(=O)C(=O)N(CCN3CCOCC3)[C@H]2c2ccccn2)cc1OC. The molecule has 2 saturated heterocycles. The second kappa shape index (κ2) is 10.0. The van der Waals surface area contributed by atoms with E-state index < -0.39 is 17.7 Å². The number of nitrogens with zero attached hydrogens (tertiary/aromatic N) is 3. The molecule has 0 saturated carbocycles. The van der Waals surface area contributed by atoms with Gasteiger partial charge in [-0.1, -0.05) is 6.07 Å². The molecule has 0 radical (unpaired) electrons. The number of benzene rings is 1. The molecule has 2 aromatic rings. The molecular formula is C24H27N3O6. The molecule has 33 heavy (non-hydrogen) atoms. The van der Waals surface area contributed by atoms with Crippen LogP contribution in [0.1, 0.15) is 17.3 Å². The number of amides is 1. The van der Waals surface area contributed by atoms with E-state index >= 15 is 0 Å². The summed E-state index contributed by atoms with van der Waals surface area (Å²) < 4.78 is 16.0. The maximum Gasteiger partial charge on any atom is 0.295 e. The Hall–Kier alpha value is -3.43. The number of methoxy groups -OCH3 is 2. The summed E-state index contributed by atoms with van der Waals surface area (Å²) in [6.45, 7) is 3.74. The monoisotopic (exact) mass is 453 g/mol. The Kier molecular flexibility index (Phi) is 6.90. The molecule has 174 valence electrons. The number of carbonyl (C=O) groups is 2. The number of likely N-dealkylation sites (tertiary alicyclic amines) is 1. The number of hydrogen-bond donors (Lipinski definition) is 1. The van der Waals surface area contributed by atoms with Crippen molar-refractivity contribution in [3.63, 3.8) is 0 Å². The van der Waals surface area contributed by atoms with Gasteiger partial charge in [0.2, 0.25) is 0 Å². The van der Waals surface area contributed by atoms with E-state index in [0.29, 0.717) is 49.1 Å². The summed E-state index contributed by atoms with van der Waals surface area (Å²) in [6.07, 6.45) is 1.60. The molecule has 1 N–H and O–H groups in total. The third-order valence-electron chi connectivity index (χ3n) is 5.93.